The van der Waals surface area contributed by atoms with Gasteiger partial charge in [-0.25, -0.2) is 4.79 Å². The third-order valence-electron chi connectivity index (χ3n) is 4.97. The van der Waals surface area contributed by atoms with Crippen molar-refractivity contribution in [3.63, 3.8) is 0 Å². The molecule has 3 rings (SSSR count). The molecule has 2 aromatic rings. The first-order valence-electron chi connectivity index (χ1n) is 9.56. The number of hydrogen-bond acceptors (Lipinski definition) is 2. The molecule has 1 aliphatic heterocycles. The third-order valence-corrected chi connectivity index (χ3v) is 4.97. The summed E-state index contributed by atoms with van der Waals surface area (Å²) in [5, 5.41) is 3.01. The molecule has 0 bridgehead atoms. The number of carbonyl (C=O) groups is 1. The summed E-state index contributed by atoms with van der Waals surface area (Å²) >= 11 is 0. The first-order chi connectivity index (χ1) is 12.6. The fourth-order valence-electron chi connectivity index (χ4n) is 3.36. The summed E-state index contributed by atoms with van der Waals surface area (Å²) in [7, 11) is 0. The highest BCUT2D eigenvalue weighted by atomic mass is 16.2. The molecule has 0 unspecified atom stereocenters. The first-order valence-corrected chi connectivity index (χ1v) is 9.56. The predicted molar refractivity (Wildman–Crippen MR) is 109 cm³/mol. The minimum Gasteiger partial charge on any atom is -0.365 e. The SMILES string of the molecule is CCCN(c1ccccc1)C1CN(C(=O)Nc2ccc(C(C)C)cc2)C1. The van der Waals surface area contributed by atoms with Crippen LogP contribution in [0.4, 0.5) is 16.2 Å². The Morgan fingerprint density at radius 3 is 2.35 bits per heavy atom. The maximum atomic E-state index is 12.5. The van der Waals surface area contributed by atoms with Gasteiger partial charge in [-0.05, 0) is 42.2 Å². The normalized spacial score (nSPS) is 14.2. The Balaban J connectivity index is 1.55. The van der Waals surface area contributed by atoms with Crippen LogP contribution in [0.15, 0.2) is 54.6 Å². The van der Waals surface area contributed by atoms with Gasteiger partial charge in [-0.15, -0.1) is 0 Å². The molecule has 1 saturated heterocycles. The van der Waals surface area contributed by atoms with Gasteiger partial charge in [0.25, 0.3) is 0 Å². The van der Waals surface area contributed by atoms with Gasteiger partial charge in [-0.3, -0.25) is 0 Å². The monoisotopic (exact) mass is 351 g/mol. The van der Waals surface area contributed by atoms with Gasteiger partial charge in [0.1, 0.15) is 0 Å². The van der Waals surface area contributed by atoms with Gasteiger partial charge in [0.15, 0.2) is 0 Å². The lowest BCUT2D eigenvalue weighted by Gasteiger charge is -2.46. The van der Waals surface area contributed by atoms with E-state index in [1.807, 2.05) is 23.1 Å². The number of anilines is 2. The number of hydrogen-bond donors (Lipinski definition) is 1. The van der Waals surface area contributed by atoms with Gasteiger partial charge in [0.2, 0.25) is 0 Å². The average Bonchev–Trinajstić information content (AvgIpc) is 2.61. The summed E-state index contributed by atoms with van der Waals surface area (Å²) in [6, 6.07) is 19.0. The van der Waals surface area contributed by atoms with E-state index < -0.39 is 0 Å². The van der Waals surface area contributed by atoms with Crippen molar-refractivity contribution in [2.75, 3.05) is 29.9 Å². The van der Waals surface area contributed by atoms with Crippen LogP contribution in [-0.2, 0) is 0 Å². The van der Waals surface area contributed by atoms with Crippen LogP contribution in [0.2, 0.25) is 0 Å². The van der Waals surface area contributed by atoms with Crippen LogP contribution in [0.25, 0.3) is 0 Å². The Labute approximate surface area is 156 Å². The fourth-order valence-corrected chi connectivity index (χ4v) is 3.36. The second-order valence-corrected chi connectivity index (χ2v) is 7.29. The summed E-state index contributed by atoms with van der Waals surface area (Å²) in [4.78, 5) is 16.8. The summed E-state index contributed by atoms with van der Waals surface area (Å²) in [5.41, 5.74) is 3.38. The molecular formula is C22H29N3O. The van der Waals surface area contributed by atoms with Gasteiger partial charge >= 0.3 is 6.03 Å². The van der Waals surface area contributed by atoms with E-state index in [-0.39, 0.29) is 6.03 Å². The Morgan fingerprint density at radius 2 is 1.77 bits per heavy atom. The first kappa shape index (κ1) is 18.3. The number of para-hydroxylation sites is 1. The maximum Gasteiger partial charge on any atom is 0.321 e. The average molecular weight is 351 g/mol. The van der Waals surface area contributed by atoms with E-state index in [0.29, 0.717) is 12.0 Å². The molecule has 1 aliphatic rings. The van der Waals surface area contributed by atoms with Crippen LogP contribution in [0.1, 0.15) is 38.7 Å². The Bertz CT molecular complexity index is 706. The molecule has 0 atom stereocenters. The zero-order chi connectivity index (χ0) is 18.5. The lowest BCUT2D eigenvalue weighted by molar-refractivity contribution is 0.161. The van der Waals surface area contributed by atoms with Crippen molar-refractivity contribution in [2.45, 2.75) is 39.2 Å². The van der Waals surface area contributed by atoms with E-state index in [1.54, 1.807) is 0 Å². The Kier molecular flexibility index (Phi) is 5.82. The van der Waals surface area contributed by atoms with Crippen LogP contribution >= 0.6 is 0 Å². The topological polar surface area (TPSA) is 35.6 Å². The van der Waals surface area contributed by atoms with Crippen LogP contribution in [0.5, 0.6) is 0 Å². The minimum absolute atomic E-state index is 0.0111. The zero-order valence-corrected chi connectivity index (χ0v) is 16.0. The third kappa shape index (κ3) is 4.18. The van der Waals surface area contributed by atoms with Crippen molar-refractivity contribution >= 4 is 17.4 Å². The summed E-state index contributed by atoms with van der Waals surface area (Å²) in [6.45, 7) is 9.08. The molecule has 0 saturated carbocycles. The largest absolute Gasteiger partial charge is 0.365 e. The Morgan fingerprint density at radius 1 is 1.12 bits per heavy atom. The van der Waals surface area contributed by atoms with E-state index in [0.717, 1.165) is 31.7 Å². The molecule has 1 fully saturated rings. The number of likely N-dealkylation sites (tertiary alicyclic amines) is 1. The molecule has 2 aromatic carbocycles. The summed E-state index contributed by atoms with van der Waals surface area (Å²) in [5.74, 6) is 0.499. The van der Waals surface area contributed by atoms with Crippen molar-refractivity contribution in [1.82, 2.24) is 4.90 Å². The molecule has 0 spiro atoms. The van der Waals surface area contributed by atoms with Crippen molar-refractivity contribution < 1.29 is 4.79 Å². The van der Waals surface area contributed by atoms with E-state index in [1.165, 1.54) is 11.3 Å². The van der Waals surface area contributed by atoms with E-state index in [4.69, 9.17) is 0 Å². The number of nitrogens with zero attached hydrogens (tertiary/aromatic N) is 2. The lowest BCUT2D eigenvalue weighted by atomic mass is 10.0. The van der Waals surface area contributed by atoms with Crippen molar-refractivity contribution in [2.24, 2.45) is 0 Å². The van der Waals surface area contributed by atoms with Crippen molar-refractivity contribution in [1.29, 1.82) is 0 Å². The van der Waals surface area contributed by atoms with Crippen LogP contribution < -0.4 is 10.2 Å². The van der Waals surface area contributed by atoms with Crippen LogP contribution in [0, 0.1) is 0 Å². The molecule has 138 valence electrons. The molecular weight excluding hydrogens is 322 g/mol. The van der Waals surface area contributed by atoms with E-state index in [9.17, 15) is 4.79 Å². The van der Waals surface area contributed by atoms with Gasteiger partial charge < -0.3 is 15.1 Å². The molecule has 1 heterocycles. The number of amides is 2. The second kappa shape index (κ2) is 8.26. The number of benzene rings is 2. The van der Waals surface area contributed by atoms with Crippen molar-refractivity contribution in [3.8, 4) is 0 Å². The molecule has 4 nitrogen and oxygen atoms in total. The predicted octanol–water partition coefficient (Wildman–Crippen LogP) is 4.94. The highest BCUT2D eigenvalue weighted by molar-refractivity contribution is 5.90. The Hall–Kier alpha value is -2.49. The molecule has 1 N–H and O–H groups in total. The minimum atomic E-state index is -0.0111. The highest BCUT2D eigenvalue weighted by Crippen LogP contribution is 2.24. The molecule has 2 amide bonds. The quantitative estimate of drug-likeness (QED) is 0.800. The maximum absolute atomic E-state index is 12.5. The standard InChI is InChI=1S/C22H29N3O/c1-4-14-25(20-8-6-5-7-9-20)21-15-24(16-21)22(26)23-19-12-10-18(11-13-19)17(2)3/h5-13,17,21H,4,14-16H2,1-3H3,(H,23,26). The fraction of sp³-hybridized carbons (Fsp3) is 0.409. The number of carbonyl (C=O) groups excluding carboxylic acids is 1. The molecule has 26 heavy (non-hydrogen) atoms. The molecule has 4 heteroatoms. The number of rotatable bonds is 6. The second-order valence-electron chi connectivity index (χ2n) is 7.29. The van der Waals surface area contributed by atoms with Crippen molar-refractivity contribution in [3.05, 3.63) is 60.2 Å². The molecule has 0 radical (unpaired) electrons. The molecule has 0 aliphatic carbocycles. The van der Waals surface area contributed by atoms with Gasteiger partial charge in [0.05, 0.1) is 6.04 Å². The zero-order valence-electron chi connectivity index (χ0n) is 16.0. The lowest BCUT2D eigenvalue weighted by Crippen LogP contribution is -2.62. The smallest absolute Gasteiger partial charge is 0.321 e. The number of urea groups is 1. The van der Waals surface area contributed by atoms with Crippen LogP contribution in [-0.4, -0.2) is 36.6 Å². The number of nitrogens with one attached hydrogen (secondary N) is 1. The van der Waals surface area contributed by atoms with Gasteiger partial charge in [0, 0.05) is 31.0 Å². The van der Waals surface area contributed by atoms with E-state index >= 15 is 0 Å². The van der Waals surface area contributed by atoms with E-state index in [2.05, 4.69) is 67.4 Å². The van der Waals surface area contributed by atoms with Gasteiger partial charge in [-0.2, -0.15) is 0 Å². The molecule has 0 aromatic heterocycles. The summed E-state index contributed by atoms with van der Waals surface area (Å²) in [6.07, 6.45) is 1.10. The highest BCUT2D eigenvalue weighted by Gasteiger charge is 2.34. The van der Waals surface area contributed by atoms with Crippen LogP contribution in [0.3, 0.4) is 0 Å². The summed E-state index contributed by atoms with van der Waals surface area (Å²) < 4.78 is 0. The van der Waals surface area contributed by atoms with Gasteiger partial charge in [-0.1, -0.05) is 51.1 Å².